The number of amides is 1. The monoisotopic (exact) mass is 585 g/mol. The molecule has 0 aliphatic carbocycles. The highest BCUT2D eigenvalue weighted by molar-refractivity contribution is 6.30. The quantitative estimate of drug-likeness (QED) is 0.257. The lowest BCUT2D eigenvalue weighted by Crippen LogP contribution is -2.44. The van der Waals surface area contributed by atoms with Crippen molar-refractivity contribution >= 4 is 23.7 Å². The number of halogens is 1. The van der Waals surface area contributed by atoms with Crippen molar-refractivity contribution in [2.45, 2.75) is 64.9 Å². The SMILES string of the molecule is CC(CC(NCc1ccc(Cl)cc1Oc1ccc(-c2cnc(CN(C)C)n2C)cc1)C(=O)O)NC(=O)OC(C)(C)C. The van der Waals surface area contributed by atoms with Crippen LogP contribution in [0.1, 0.15) is 45.5 Å². The fraction of sp³-hybridized carbons (Fsp3) is 0.433. The number of alkyl carbamates (subject to hydrolysis) is 1. The fourth-order valence-electron chi connectivity index (χ4n) is 4.16. The van der Waals surface area contributed by atoms with Gasteiger partial charge in [-0.05, 0) is 84.6 Å². The Morgan fingerprint density at radius 1 is 1.15 bits per heavy atom. The van der Waals surface area contributed by atoms with Crippen molar-refractivity contribution in [3.8, 4) is 22.8 Å². The molecule has 3 rings (SSSR count). The number of carboxylic acid groups (broad SMARTS) is 1. The Bertz CT molecular complexity index is 1330. The molecule has 10 nitrogen and oxygen atoms in total. The van der Waals surface area contributed by atoms with Gasteiger partial charge in [-0.3, -0.25) is 4.79 Å². The van der Waals surface area contributed by atoms with Crippen molar-refractivity contribution < 1.29 is 24.2 Å². The Labute approximate surface area is 246 Å². The van der Waals surface area contributed by atoms with Gasteiger partial charge in [-0.2, -0.15) is 0 Å². The molecule has 0 aliphatic heterocycles. The summed E-state index contributed by atoms with van der Waals surface area (Å²) in [7, 11) is 6.01. The highest BCUT2D eigenvalue weighted by Crippen LogP contribution is 2.30. The number of hydrogen-bond acceptors (Lipinski definition) is 7. The molecule has 0 radical (unpaired) electrons. The molecule has 1 aromatic heterocycles. The number of benzene rings is 2. The number of carboxylic acids is 1. The Kier molecular flexibility index (Phi) is 10.8. The highest BCUT2D eigenvalue weighted by atomic mass is 35.5. The maximum absolute atomic E-state index is 12.1. The van der Waals surface area contributed by atoms with Crippen LogP contribution in [-0.2, 0) is 29.7 Å². The molecule has 2 aromatic carbocycles. The number of rotatable bonds is 12. The summed E-state index contributed by atoms with van der Waals surface area (Å²) in [5, 5.41) is 16.0. The minimum atomic E-state index is -1.03. The van der Waals surface area contributed by atoms with Crippen molar-refractivity contribution in [2.75, 3.05) is 14.1 Å². The normalized spacial score (nSPS) is 13.1. The zero-order valence-electron chi connectivity index (χ0n) is 24.7. The summed E-state index contributed by atoms with van der Waals surface area (Å²) in [6.45, 7) is 7.98. The van der Waals surface area contributed by atoms with Gasteiger partial charge in [0, 0.05) is 35.8 Å². The molecule has 0 spiro atoms. The first kappa shape index (κ1) is 31.9. The van der Waals surface area contributed by atoms with Crippen molar-refractivity contribution in [3.63, 3.8) is 0 Å². The maximum Gasteiger partial charge on any atom is 0.407 e. The summed E-state index contributed by atoms with van der Waals surface area (Å²) in [5.41, 5.74) is 2.09. The Morgan fingerprint density at radius 2 is 1.83 bits per heavy atom. The summed E-state index contributed by atoms with van der Waals surface area (Å²) >= 11 is 6.26. The van der Waals surface area contributed by atoms with E-state index in [9.17, 15) is 14.7 Å². The number of aliphatic carboxylic acids is 1. The zero-order valence-corrected chi connectivity index (χ0v) is 25.5. The largest absolute Gasteiger partial charge is 0.480 e. The van der Waals surface area contributed by atoms with Crippen molar-refractivity contribution in [1.29, 1.82) is 0 Å². The van der Waals surface area contributed by atoms with E-state index in [0.717, 1.165) is 29.2 Å². The molecular weight excluding hydrogens is 546 g/mol. The van der Waals surface area contributed by atoms with E-state index in [4.69, 9.17) is 21.1 Å². The minimum absolute atomic E-state index is 0.157. The molecule has 222 valence electrons. The molecule has 0 saturated carbocycles. The van der Waals surface area contributed by atoms with Crippen LogP contribution < -0.4 is 15.4 Å². The van der Waals surface area contributed by atoms with Gasteiger partial charge in [0.2, 0.25) is 0 Å². The fourth-order valence-corrected chi connectivity index (χ4v) is 4.32. The molecule has 2 atom stereocenters. The molecule has 3 N–H and O–H groups in total. The number of nitrogens with zero attached hydrogens (tertiary/aromatic N) is 3. The Morgan fingerprint density at radius 3 is 2.44 bits per heavy atom. The zero-order chi connectivity index (χ0) is 30.3. The average Bonchev–Trinajstić information content (AvgIpc) is 3.21. The van der Waals surface area contributed by atoms with Gasteiger partial charge in [0.1, 0.15) is 29.0 Å². The van der Waals surface area contributed by atoms with E-state index in [-0.39, 0.29) is 13.0 Å². The number of aromatic nitrogens is 2. The summed E-state index contributed by atoms with van der Waals surface area (Å²) in [6, 6.07) is 11.5. The second-order valence-electron chi connectivity index (χ2n) is 11.3. The van der Waals surface area contributed by atoms with Gasteiger partial charge >= 0.3 is 12.1 Å². The number of carbonyl (C=O) groups excluding carboxylic acids is 1. The van der Waals surface area contributed by atoms with Crippen LogP contribution in [-0.4, -0.2) is 63.4 Å². The van der Waals surface area contributed by atoms with Gasteiger partial charge in [0.15, 0.2) is 0 Å². The van der Waals surface area contributed by atoms with Crippen molar-refractivity contribution in [1.82, 2.24) is 25.1 Å². The summed E-state index contributed by atoms with van der Waals surface area (Å²) in [5.74, 6) is 1.06. The van der Waals surface area contributed by atoms with Crippen LogP contribution in [0, 0.1) is 0 Å². The predicted octanol–water partition coefficient (Wildman–Crippen LogP) is 5.44. The molecule has 3 aromatic rings. The first-order chi connectivity index (χ1) is 19.2. The third-order valence-corrected chi connectivity index (χ3v) is 6.37. The molecule has 2 unspecified atom stereocenters. The topological polar surface area (TPSA) is 118 Å². The first-order valence-electron chi connectivity index (χ1n) is 13.4. The van der Waals surface area contributed by atoms with E-state index in [1.165, 1.54) is 0 Å². The predicted molar refractivity (Wildman–Crippen MR) is 159 cm³/mol. The smallest absolute Gasteiger partial charge is 0.407 e. The van der Waals surface area contributed by atoms with Crippen LogP contribution in [0.15, 0.2) is 48.7 Å². The van der Waals surface area contributed by atoms with Gasteiger partial charge in [0.05, 0.1) is 18.4 Å². The van der Waals surface area contributed by atoms with Gasteiger partial charge in [-0.1, -0.05) is 17.7 Å². The van der Waals surface area contributed by atoms with Crippen LogP contribution in [0.25, 0.3) is 11.3 Å². The lowest BCUT2D eigenvalue weighted by molar-refractivity contribution is -0.139. The number of carbonyl (C=O) groups is 2. The van der Waals surface area contributed by atoms with Gasteiger partial charge < -0.3 is 34.7 Å². The molecule has 41 heavy (non-hydrogen) atoms. The summed E-state index contributed by atoms with van der Waals surface area (Å²) in [4.78, 5) is 30.6. The average molecular weight is 586 g/mol. The molecule has 0 fully saturated rings. The number of hydrogen-bond donors (Lipinski definition) is 3. The van der Waals surface area contributed by atoms with Crippen LogP contribution in [0.3, 0.4) is 0 Å². The second kappa shape index (κ2) is 13.8. The van der Waals surface area contributed by atoms with E-state index < -0.39 is 29.7 Å². The molecular formula is C30H40ClN5O5. The Hall–Kier alpha value is -3.60. The third kappa shape index (κ3) is 9.77. The molecule has 0 aliphatic rings. The minimum Gasteiger partial charge on any atom is -0.480 e. The molecule has 1 amide bonds. The van der Waals surface area contributed by atoms with E-state index in [1.54, 1.807) is 45.9 Å². The van der Waals surface area contributed by atoms with Crippen LogP contribution >= 0.6 is 11.6 Å². The van der Waals surface area contributed by atoms with E-state index in [1.807, 2.05) is 51.6 Å². The summed E-state index contributed by atoms with van der Waals surface area (Å²) < 4.78 is 13.5. The standard InChI is InChI=1S/C30H40ClN5O5/c1-19(34-29(39)41-30(2,3)4)14-24(28(37)38)32-16-21-8-11-22(31)15-26(21)40-23-12-9-20(10-13-23)25-17-33-27(36(25)7)18-35(5)6/h8-13,15,17,19,24,32H,14,16,18H2,1-7H3,(H,34,39)(H,37,38). The van der Waals surface area contributed by atoms with E-state index >= 15 is 0 Å². The number of nitrogens with one attached hydrogen (secondary N) is 2. The van der Waals surface area contributed by atoms with Gasteiger partial charge in [-0.25, -0.2) is 9.78 Å². The summed E-state index contributed by atoms with van der Waals surface area (Å²) in [6.07, 6.45) is 1.42. The lowest BCUT2D eigenvalue weighted by Gasteiger charge is -2.24. The van der Waals surface area contributed by atoms with Crippen LogP contribution in [0.5, 0.6) is 11.5 Å². The van der Waals surface area contributed by atoms with E-state index in [0.29, 0.717) is 16.5 Å². The van der Waals surface area contributed by atoms with Gasteiger partial charge in [0.25, 0.3) is 0 Å². The van der Waals surface area contributed by atoms with Gasteiger partial charge in [-0.15, -0.1) is 0 Å². The molecule has 0 bridgehead atoms. The highest BCUT2D eigenvalue weighted by Gasteiger charge is 2.24. The van der Waals surface area contributed by atoms with Crippen molar-refractivity contribution in [3.05, 3.63) is 65.1 Å². The maximum atomic E-state index is 12.1. The molecule has 1 heterocycles. The van der Waals surface area contributed by atoms with Crippen LogP contribution in [0.2, 0.25) is 5.02 Å². The number of imidazole rings is 1. The van der Waals surface area contributed by atoms with E-state index in [2.05, 4.69) is 25.1 Å². The second-order valence-corrected chi connectivity index (χ2v) is 11.7. The molecule has 0 saturated heterocycles. The first-order valence-corrected chi connectivity index (χ1v) is 13.8. The van der Waals surface area contributed by atoms with Crippen LogP contribution in [0.4, 0.5) is 4.79 Å². The van der Waals surface area contributed by atoms with Crippen molar-refractivity contribution in [2.24, 2.45) is 7.05 Å². The third-order valence-electron chi connectivity index (χ3n) is 6.14. The Balaban J connectivity index is 1.67. The number of ether oxygens (including phenoxy) is 2. The molecule has 11 heteroatoms. The lowest BCUT2D eigenvalue weighted by atomic mass is 10.1.